The molecule has 1 aromatic rings. The summed E-state index contributed by atoms with van der Waals surface area (Å²) in [6.07, 6.45) is 1.45. The first kappa shape index (κ1) is 13.7. The third-order valence-electron chi connectivity index (χ3n) is 1.86. The van der Waals surface area contributed by atoms with Gasteiger partial charge in [0.05, 0.1) is 6.20 Å². The summed E-state index contributed by atoms with van der Waals surface area (Å²) >= 11 is 0. The van der Waals surface area contributed by atoms with E-state index in [4.69, 9.17) is 0 Å². The second kappa shape index (κ2) is 5.78. The second-order valence-electron chi connectivity index (χ2n) is 3.79. The van der Waals surface area contributed by atoms with E-state index in [2.05, 4.69) is 20.2 Å². The maximum Gasteiger partial charge on any atom is 0.257 e. The van der Waals surface area contributed by atoms with Crippen molar-refractivity contribution in [1.29, 1.82) is 0 Å². The average Bonchev–Trinajstić information content (AvgIpc) is 2.68. The number of sulfonamides is 1. The lowest BCUT2D eigenvalue weighted by Crippen LogP contribution is -2.34. The number of nitrogens with one attached hydrogen (secondary N) is 3. The summed E-state index contributed by atoms with van der Waals surface area (Å²) in [5, 5.41) is 8.55. The third kappa shape index (κ3) is 4.53. The predicted molar refractivity (Wildman–Crippen MR) is 61.7 cm³/mol. The van der Waals surface area contributed by atoms with E-state index in [9.17, 15) is 13.2 Å². The van der Waals surface area contributed by atoms with Crippen LogP contribution in [0.5, 0.6) is 0 Å². The lowest BCUT2D eigenvalue weighted by molar-refractivity contribution is -0.121. The number of hydrogen-bond donors (Lipinski definition) is 3. The number of amides is 1. The smallest absolute Gasteiger partial charge is 0.257 e. The zero-order valence-corrected chi connectivity index (χ0v) is 10.5. The van der Waals surface area contributed by atoms with Gasteiger partial charge >= 0.3 is 0 Å². The maximum absolute atomic E-state index is 11.6. The molecule has 1 aromatic heterocycles. The Balaban J connectivity index is 2.39. The van der Waals surface area contributed by atoms with Crippen molar-refractivity contribution in [1.82, 2.24) is 20.2 Å². The molecule has 0 saturated carbocycles. The Morgan fingerprint density at radius 3 is 2.76 bits per heavy atom. The largest absolute Gasteiger partial charge is 0.354 e. The quantitative estimate of drug-likeness (QED) is 0.647. The van der Waals surface area contributed by atoms with Gasteiger partial charge in [0.25, 0.3) is 10.0 Å². The van der Waals surface area contributed by atoms with Gasteiger partial charge in [-0.05, 0) is 19.9 Å². The Kier molecular flexibility index (Phi) is 4.64. The molecule has 0 radical (unpaired) electrons. The number of carbonyl (C=O) groups excluding carboxylic acids is 1. The fraction of sp³-hybridized carbons (Fsp3) is 0.556. The first-order chi connectivity index (χ1) is 7.92. The molecule has 1 heterocycles. The number of aromatic nitrogens is 2. The number of rotatable bonds is 6. The highest BCUT2D eigenvalue weighted by Gasteiger charge is 2.15. The molecule has 0 saturated heterocycles. The summed E-state index contributed by atoms with van der Waals surface area (Å²) in [5.41, 5.74) is 0. The van der Waals surface area contributed by atoms with Crippen LogP contribution >= 0.6 is 0 Å². The van der Waals surface area contributed by atoms with Crippen LogP contribution in [0.3, 0.4) is 0 Å². The Morgan fingerprint density at radius 2 is 2.24 bits per heavy atom. The van der Waals surface area contributed by atoms with E-state index >= 15 is 0 Å². The highest BCUT2D eigenvalue weighted by atomic mass is 32.2. The van der Waals surface area contributed by atoms with E-state index in [1.807, 2.05) is 13.8 Å². The molecule has 96 valence electrons. The maximum atomic E-state index is 11.6. The summed E-state index contributed by atoms with van der Waals surface area (Å²) in [6.45, 7) is 3.74. The SMILES string of the molecule is CC(C)NC(=O)CCNS(=O)(=O)c1ccn[nH]1. The lowest BCUT2D eigenvalue weighted by atomic mass is 10.3. The van der Waals surface area contributed by atoms with Gasteiger partial charge in [-0.2, -0.15) is 5.10 Å². The molecule has 0 fully saturated rings. The van der Waals surface area contributed by atoms with Gasteiger partial charge in [0.2, 0.25) is 5.91 Å². The average molecular weight is 260 g/mol. The van der Waals surface area contributed by atoms with Crippen LogP contribution in [0.1, 0.15) is 20.3 Å². The van der Waals surface area contributed by atoms with Crippen molar-refractivity contribution in [2.75, 3.05) is 6.54 Å². The van der Waals surface area contributed by atoms with E-state index in [0.717, 1.165) is 0 Å². The predicted octanol–water partition coefficient (Wildman–Crippen LogP) is -0.397. The summed E-state index contributed by atoms with van der Waals surface area (Å²) in [4.78, 5) is 11.3. The summed E-state index contributed by atoms with van der Waals surface area (Å²) in [7, 11) is -3.59. The highest BCUT2D eigenvalue weighted by molar-refractivity contribution is 7.89. The number of nitrogens with zero attached hydrogens (tertiary/aromatic N) is 1. The normalized spacial score (nSPS) is 11.7. The van der Waals surface area contributed by atoms with Crippen molar-refractivity contribution in [3.63, 3.8) is 0 Å². The summed E-state index contributed by atoms with van der Waals surface area (Å²) in [5.74, 6) is -0.188. The van der Waals surface area contributed by atoms with E-state index in [1.165, 1.54) is 12.3 Å². The molecule has 7 nitrogen and oxygen atoms in total. The van der Waals surface area contributed by atoms with E-state index < -0.39 is 10.0 Å². The van der Waals surface area contributed by atoms with E-state index in [0.29, 0.717) is 0 Å². The second-order valence-corrected chi connectivity index (χ2v) is 5.53. The molecule has 0 unspecified atom stereocenters. The van der Waals surface area contributed by atoms with Gasteiger partial charge in [-0.25, -0.2) is 13.1 Å². The van der Waals surface area contributed by atoms with Crippen molar-refractivity contribution in [3.05, 3.63) is 12.3 Å². The minimum Gasteiger partial charge on any atom is -0.354 e. The molecule has 0 atom stereocenters. The van der Waals surface area contributed by atoms with E-state index in [-0.39, 0.29) is 29.9 Å². The van der Waals surface area contributed by atoms with Crippen LogP contribution in [0.4, 0.5) is 0 Å². The first-order valence-corrected chi connectivity index (χ1v) is 6.68. The van der Waals surface area contributed by atoms with Crippen LogP contribution in [-0.4, -0.2) is 37.1 Å². The van der Waals surface area contributed by atoms with Gasteiger partial charge < -0.3 is 5.32 Å². The van der Waals surface area contributed by atoms with Crippen LogP contribution in [-0.2, 0) is 14.8 Å². The van der Waals surface area contributed by atoms with Crippen LogP contribution in [0.25, 0.3) is 0 Å². The van der Waals surface area contributed by atoms with Crippen LogP contribution < -0.4 is 10.0 Å². The molecule has 1 amide bonds. The highest BCUT2D eigenvalue weighted by Crippen LogP contribution is 2.01. The molecular formula is C9H16N4O3S. The van der Waals surface area contributed by atoms with Gasteiger partial charge in [-0.3, -0.25) is 9.89 Å². The van der Waals surface area contributed by atoms with Gasteiger partial charge in [0.15, 0.2) is 5.03 Å². The Morgan fingerprint density at radius 1 is 1.53 bits per heavy atom. The van der Waals surface area contributed by atoms with Crippen molar-refractivity contribution < 1.29 is 13.2 Å². The van der Waals surface area contributed by atoms with Crippen LogP contribution in [0.15, 0.2) is 17.3 Å². The van der Waals surface area contributed by atoms with Crippen molar-refractivity contribution in [2.24, 2.45) is 0 Å². The van der Waals surface area contributed by atoms with Gasteiger partial charge in [-0.1, -0.05) is 0 Å². The zero-order valence-electron chi connectivity index (χ0n) is 9.73. The third-order valence-corrected chi connectivity index (χ3v) is 3.25. The molecule has 0 aliphatic heterocycles. The summed E-state index contributed by atoms with van der Waals surface area (Å²) in [6, 6.07) is 1.39. The zero-order chi connectivity index (χ0) is 12.9. The van der Waals surface area contributed by atoms with Gasteiger partial charge in [-0.15, -0.1) is 0 Å². The Labute approximate surface area is 100 Å². The molecule has 0 aliphatic rings. The Hall–Kier alpha value is -1.41. The van der Waals surface area contributed by atoms with Crippen LogP contribution in [0, 0.1) is 0 Å². The monoisotopic (exact) mass is 260 g/mol. The molecule has 0 aromatic carbocycles. The Bertz CT molecular complexity index is 453. The number of hydrogen-bond acceptors (Lipinski definition) is 4. The molecule has 0 bridgehead atoms. The molecule has 1 rings (SSSR count). The van der Waals surface area contributed by atoms with Crippen molar-refractivity contribution in [3.8, 4) is 0 Å². The minimum absolute atomic E-state index is 0.0123. The molecule has 17 heavy (non-hydrogen) atoms. The topological polar surface area (TPSA) is 104 Å². The lowest BCUT2D eigenvalue weighted by Gasteiger charge is -2.08. The minimum atomic E-state index is -3.59. The van der Waals surface area contributed by atoms with Crippen molar-refractivity contribution >= 4 is 15.9 Å². The first-order valence-electron chi connectivity index (χ1n) is 5.20. The van der Waals surface area contributed by atoms with Crippen molar-refractivity contribution in [2.45, 2.75) is 31.3 Å². The van der Waals surface area contributed by atoms with Gasteiger partial charge in [0.1, 0.15) is 0 Å². The number of H-pyrrole nitrogens is 1. The van der Waals surface area contributed by atoms with E-state index in [1.54, 1.807) is 0 Å². The fourth-order valence-electron chi connectivity index (χ4n) is 1.16. The van der Waals surface area contributed by atoms with Crippen LogP contribution in [0.2, 0.25) is 0 Å². The number of aromatic amines is 1. The molecule has 0 spiro atoms. The van der Waals surface area contributed by atoms with Gasteiger partial charge in [0, 0.05) is 19.0 Å². The number of carbonyl (C=O) groups is 1. The molecular weight excluding hydrogens is 244 g/mol. The standard InChI is InChI=1S/C9H16N4O3S/c1-7(2)12-8(14)3-6-11-17(15,16)9-4-5-10-13-9/h4-5,7,11H,3,6H2,1-2H3,(H,10,13)(H,12,14). The molecule has 8 heteroatoms. The molecule has 0 aliphatic carbocycles. The fourth-order valence-corrected chi connectivity index (χ4v) is 2.10. The summed E-state index contributed by atoms with van der Waals surface area (Å²) < 4.78 is 25.5. The molecule has 3 N–H and O–H groups in total.